The molecule has 1 saturated carbocycles. The van der Waals surface area contributed by atoms with E-state index in [0.717, 1.165) is 12.1 Å². The van der Waals surface area contributed by atoms with E-state index in [2.05, 4.69) is 16.4 Å². The van der Waals surface area contributed by atoms with Crippen LogP contribution >= 0.6 is 11.6 Å². The molecule has 18 heavy (non-hydrogen) atoms. The second kappa shape index (κ2) is 4.95. The summed E-state index contributed by atoms with van der Waals surface area (Å²) in [6, 6.07) is 5.42. The normalized spacial score (nSPS) is 16.5. The number of halogens is 1. The average molecular weight is 264 g/mol. The van der Waals surface area contributed by atoms with Crippen LogP contribution in [0.15, 0.2) is 12.1 Å². The lowest BCUT2D eigenvalue weighted by molar-refractivity contribution is 0.0881. The number of hydrogen-bond donors (Lipinski definition) is 1. The Hall–Kier alpha value is -1.60. The number of amides is 1. The van der Waals surface area contributed by atoms with Gasteiger partial charge in [0.15, 0.2) is 0 Å². The van der Waals surface area contributed by atoms with Gasteiger partial charge in [0.2, 0.25) is 0 Å². The highest BCUT2D eigenvalue weighted by Crippen LogP contribution is 2.31. The van der Waals surface area contributed by atoms with Crippen LogP contribution in [-0.4, -0.2) is 16.4 Å². The molecule has 0 saturated heterocycles. The Bertz CT molecular complexity index is 517. The molecule has 1 aliphatic carbocycles. The van der Waals surface area contributed by atoms with Crippen molar-refractivity contribution >= 4 is 17.5 Å². The van der Waals surface area contributed by atoms with E-state index >= 15 is 0 Å². The zero-order valence-corrected chi connectivity index (χ0v) is 10.9. The third kappa shape index (κ3) is 2.46. The van der Waals surface area contributed by atoms with E-state index in [1.54, 1.807) is 6.07 Å². The molecule has 1 amide bonds. The Balaban J connectivity index is 2.19. The molecular weight excluding hydrogens is 250 g/mol. The van der Waals surface area contributed by atoms with Crippen LogP contribution in [0.3, 0.4) is 0 Å². The number of carbonyl (C=O) groups excluding carboxylic acids is 1. The van der Waals surface area contributed by atoms with E-state index in [9.17, 15) is 4.79 Å². The Morgan fingerprint density at radius 2 is 2.33 bits per heavy atom. The van der Waals surface area contributed by atoms with Crippen LogP contribution in [-0.2, 0) is 6.42 Å². The molecule has 1 aromatic heterocycles. The molecule has 0 spiro atoms. The molecule has 0 bridgehead atoms. The van der Waals surface area contributed by atoms with Gasteiger partial charge >= 0.3 is 0 Å². The van der Waals surface area contributed by atoms with Crippen LogP contribution in [0.2, 0.25) is 5.15 Å². The molecule has 1 N–H and O–H groups in total. The van der Waals surface area contributed by atoms with Gasteiger partial charge in [0.1, 0.15) is 10.7 Å². The number of aryl methyl sites for hydroxylation is 1. The summed E-state index contributed by atoms with van der Waals surface area (Å²) in [6.45, 7) is 1.95. The molecule has 94 valence electrons. The summed E-state index contributed by atoms with van der Waals surface area (Å²) in [5.74, 6) is -0.254. The number of nitrogens with one attached hydrogen (secondary N) is 1. The Morgan fingerprint density at radius 3 is 2.83 bits per heavy atom. The third-order valence-corrected chi connectivity index (χ3v) is 3.44. The molecule has 5 heteroatoms. The van der Waals surface area contributed by atoms with Crippen molar-refractivity contribution in [3.8, 4) is 6.07 Å². The van der Waals surface area contributed by atoms with Gasteiger partial charge in [-0.2, -0.15) is 5.26 Å². The first kappa shape index (κ1) is 12.8. The lowest BCUT2D eigenvalue weighted by Gasteiger charge is -2.35. The zero-order chi connectivity index (χ0) is 13.2. The Kier molecular flexibility index (Phi) is 3.53. The minimum absolute atomic E-state index is 0.254. The number of rotatable bonds is 3. The zero-order valence-electron chi connectivity index (χ0n) is 10.2. The van der Waals surface area contributed by atoms with Crippen LogP contribution in [0.1, 0.15) is 42.2 Å². The van der Waals surface area contributed by atoms with E-state index in [4.69, 9.17) is 16.9 Å². The van der Waals surface area contributed by atoms with Crippen LogP contribution in [0, 0.1) is 11.3 Å². The van der Waals surface area contributed by atoms with Crippen molar-refractivity contribution in [3.05, 3.63) is 28.5 Å². The summed E-state index contributed by atoms with van der Waals surface area (Å²) < 4.78 is 0. The van der Waals surface area contributed by atoms with Crippen molar-refractivity contribution in [3.63, 3.8) is 0 Å². The molecule has 2 rings (SSSR count). The van der Waals surface area contributed by atoms with Crippen molar-refractivity contribution in [2.24, 2.45) is 0 Å². The molecule has 0 aromatic carbocycles. The highest BCUT2D eigenvalue weighted by molar-refractivity contribution is 6.29. The van der Waals surface area contributed by atoms with Crippen molar-refractivity contribution in [2.45, 2.75) is 38.1 Å². The SMILES string of the molecule is CCc1cc(C(=O)NC2(C#N)CCC2)cc(Cl)n1. The second-order valence-corrected chi connectivity index (χ2v) is 4.91. The van der Waals surface area contributed by atoms with Crippen LogP contribution in [0.25, 0.3) is 0 Å². The lowest BCUT2D eigenvalue weighted by Crippen LogP contribution is -2.52. The highest BCUT2D eigenvalue weighted by Gasteiger charge is 2.38. The van der Waals surface area contributed by atoms with E-state index in [0.29, 0.717) is 30.0 Å². The summed E-state index contributed by atoms with van der Waals surface area (Å²) in [7, 11) is 0. The van der Waals surface area contributed by atoms with Crippen molar-refractivity contribution in [1.82, 2.24) is 10.3 Å². The predicted octanol–water partition coefficient (Wildman–Crippen LogP) is 2.47. The molecule has 1 aliphatic rings. The van der Waals surface area contributed by atoms with Crippen LogP contribution in [0.5, 0.6) is 0 Å². The van der Waals surface area contributed by atoms with Gasteiger partial charge in [-0.25, -0.2) is 4.98 Å². The summed E-state index contributed by atoms with van der Waals surface area (Å²) in [5, 5.41) is 12.2. The van der Waals surface area contributed by atoms with Gasteiger partial charge in [-0.1, -0.05) is 18.5 Å². The molecule has 1 heterocycles. The number of pyridine rings is 1. The molecule has 0 radical (unpaired) electrons. The maximum atomic E-state index is 12.1. The molecule has 0 unspecified atom stereocenters. The fraction of sp³-hybridized carbons (Fsp3) is 0.462. The van der Waals surface area contributed by atoms with E-state index in [-0.39, 0.29) is 5.91 Å². The fourth-order valence-electron chi connectivity index (χ4n) is 1.95. The first-order chi connectivity index (χ1) is 8.58. The van der Waals surface area contributed by atoms with Crippen LogP contribution in [0.4, 0.5) is 0 Å². The van der Waals surface area contributed by atoms with Gasteiger partial charge in [-0.15, -0.1) is 0 Å². The monoisotopic (exact) mass is 263 g/mol. The van der Waals surface area contributed by atoms with Gasteiger partial charge in [0.05, 0.1) is 6.07 Å². The van der Waals surface area contributed by atoms with Gasteiger partial charge < -0.3 is 5.32 Å². The molecular formula is C13H14ClN3O. The number of hydrogen-bond acceptors (Lipinski definition) is 3. The van der Waals surface area contributed by atoms with Gasteiger partial charge in [-0.05, 0) is 37.8 Å². The lowest BCUT2D eigenvalue weighted by atomic mass is 9.78. The first-order valence-electron chi connectivity index (χ1n) is 5.99. The fourth-order valence-corrected chi connectivity index (χ4v) is 2.17. The second-order valence-electron chi connectivity index (χ2n) is 4.53. The molecule has 0 atom stereocenters. The van der Waals surface area contributed by atoms with Crippen molar-refractivity contribution < 1.29 is 4.79 Å². The molecule has 0 aliphatic heterocycles. The maximum Gasteiger partial charge on any atom is 0.252 e. The first-order valence-corrected chi connectivity index (χ1v) is 6.36. The predicted molar refractivity (Wildman–Crippen MR) is 68.3 cm³/mol. The van der Waals surface area contributed by atoms with Crippen molar-refractivity contribution in [1.29, 1.82) is 5.26 Å². The Labute approximate surface area is 111 Å². The number of nitriles is 1. The van der Waals surface area contributed by atoms with E-state index in [1.807, 2.05) is 6.92 Å². The quantitative estimate of drug-likeness (QED) is 0.852. The summed E-state index contributed by atoms with van der Waals surface area (Å²) in [4.78, 5) is 16.2. The third-order valence-electron chi connectivity index (χ3n) is 3.25. The average Bonchev–Trinajstić information content (AvgIpc) is 2.32. The Morgan fingerprint density at radius 1 is 1.61 bits per heavy atom. The van der Waals surface area contributed by atoms with E-state index < -0.39 is 5.54 Å². The number of aromatic nitrogens is 1. The van der Waals surface area contributed by atoms with E-state index in [1.165, 1.54) is 6.07 Å². The molecule has 1 aromatic rings. The topological polar surface area (TPSA) is 65.8 Å². The van der Waals surface area contributed by atoms with Crippen molar-refractivity contribution in [2.75, 3.05) is 0 Å². The number of nitrogens with zero attached hydrogens (tertiary/aromatic N) is 2. The molecule has 1 fully saturated rings. The maximum absolute atomic E-state index is 12.1. The summed E-state index contributed by atoms with van der Waals surface area (Å²) >= 11 is 5.87. The van der Waals surface area contributed by atoms with Crippen LogP contribution < -0.4 is 5.32 Å². The smallest absolute Gasteiger partial charge is 0.252 e. The minimum Gasteiger partial charge on any atom is -0.334 e. The molecule has 4 nitrogen and oxygen atoms in total. The summed E-state index contributed by atoms with van der Waals surface area (Å²) in [6.07, 6.45) is 3.12. The number of carbonyl (C=O) groups is 1. The largest absolute Gasteiger partial charge is 0.334 e. The van der Waals surface area contributed by atoms with Gasteiger partial charge in [0, 0.05) is 11.3 Å². The minimum atomic E-state index is -0.681. The van der Waals surface area contributed by atoms with Gasteiger partial charge in [-0.3, -0.25) is 4.79 Å². The highest BCUT2D eigenvalue weighted by atomic mass is 35.5. The summed E-state index contributed by atoms with van der Waals surface area (Å²) in [5.41, 5.74) is 0.555. The van der Waals surface area contributed by atoms with Gasteiger partial charge in [0.25, 0.3) is 5.91 Å². The standard InChI is InChI=1S/C13H14ClN3O/c1-2-10-6-9(7-11(14)16-10)12(18)17-13(8-15)4-3-5-13/h6-7H,2-5H2,1H3,(H,17,18).